The number of rotatable bonds is 6. The highest BCUT2D eigenvalue weighted by molar-refractivity contribution is 7.99. The van der Waals surface area contributed by atoms with Gasteiger partial charge in [-0.05, 0) is 36.1 Å². The zero-order valence-corrected chi connectivity index (χ0v) is 14.9. The van der Waals surface area contributed by atoms with Gasteiger partial charge >= 0.3 is 0 Å². The number of hydrogen-bond donors (Lipinski definition) is 1. The van der Waals surface area contributed by atoms with E-state index >= 15 is 0 Å². The fraction of sp³-hybridized carbons (Fsp3) is 0.312. The first kappa shape index (κ1) is 16.5. The zero-order chi connectivity index (χ0) is 16.2. The Labute approximate surface area is 148 Å². The van der Waals surface area contributed by atoms with Crippen LogP contribution in [0.1, 0.15) is 17.4 Å². The Kier molecular flexibility index (Phi) is 5.35. The van der Waals surface area contributed by atoms with Crippen molar-refractivity contribution in [3.8, 4) is 11.5 Å². The van der Waals surface area contributed by atoms with Crippen LogP contribution in [0.15, 0.2) is 29.6 Å². The molecule has 3 rings (SSSR count). The normalized spacial score (nSPS) is 13.8. The van der Waals surface area contributed by atoms with Gasteiger partial charge in [-0.2, -0.15) is 0 Å². The summed E-state index contributed by atoms with van der Waals surface area (Å²) in [5, 5.41) is 5.36. The van der Waals surface area contributed by atoms with Gasteiger partial charge in [0.05, 0.1) is 16.8 Å². The Balaban J connectivity index is 1.51. The molecule has 0 saturated carbocycles. The van der Waals surface area contributed by atoms with Gasteiger partial charge in [0.2, 0.25) is 12.7 Å². The van der Waals surface area contributed by atoms with Crippen molar-refractivity contribution in [2.45, 2.75) is 24.5 Å². The highest BCUT2D eigenvalue weighted by Gasteiger charge is 2.19. The maximum atomic E-state index is 12.1. The molecule has 4 nitrogen and oxygen atoms in total. The number of thiophene rings is 1. The Morgan fingerprint density at radius 3 is 3.13 bits per heavy atom. The number of carbonyl (C=O) groups is 1. The van der Waals surface area contributed by atoms with E-state index < -0.39 is 0 Å². The molecule has 1 amide bonds. The van der Waals surface area contributed by atoms with Crippen LogP contribution >= 0.6 is 34.7 Å². The van der Waals surface area contributed by atoms with E-state index in [1.54, 1.807) is 23.1 Å². The third-order valence-corrected chi connectivity index (χ3v) is 5.74. The van der Waals surface area contributed by atoms with Gasteiger partial charge in [-0.3, -0.25) is 4.79 Å². The van der Waals surface area contributed by atoms with Crippen molar-refractivity contribution in [1.29, 1.82) is 0 Å². The van der Waals surface area contributed by atoms with Crippen molar-refractivity contribution in [3.63, 3.8) is 0 Å². The van der Waals surface area contributed by atoms with Gasteiger partial charge in [0.25, 0.3) is 0 Å². The van der Waals surface area contributed by atoms with Crippen molar-refractivity contribution in [2.75, 3.05) is 6.79 Å². The average molecular weight is 370 g/mol. The maximum Gasteiger partial charge on any atom is 0.233 e. The number of ether oxygens (including phenoxy) is 2. The topological polar surface area (TPSA) is 47.6 Å². The van der Waals surface area contributed by atoms with Gasteiger partial charge in [-0.25, -0.2) is 0 Å². The molecule has 122 valence electrons. The summed E-state index contributed by atoms with van der Waals surface area (Å²) in [6, 6.07) is 7.76. The van der Waals surface area contributed by atoms with Crippen LogP contribution in [0.2, 0.25) is 5.02 Å². The van der Waals surface area contributed by atoms with Crippen LogP contribution in [0.3, 0.4) is 0 Å². The van der Waals surface area contributed by atoms with Crippen LogP contribution in [0.25, 0.3) is 0 Å². The maximum absolute atomic E-state index is 12.1. The second-order valence-corrected chi connectivity index (χ2v) is 7.83. The quantitative estimate of drug-likeness (QED) is 0.833. The van der Waals surface area contributed by atoms with Crippen LogP contribution in [-0.4, -0.2) is 18.0 Å². The number of nitrogens with one attached hydrogen (secondary N) is 1. The summed E-state index contributed by atoms with van der Waals surface area (Å²) in [7, 11) is 0. The van der Waals surface area contributed by atoms with Gasteiger partial charge in [0.15, 0.2) is 11.5 Å². The van der Waals surface area contributed by atoms with Gasteiger partial charge in [0.1, 0.15) is 0 Å². The van der Waals surface area contributed by atoms with E-state index in [9.17, 15) is 4.79 Å². The first-order chi connectivity index (χ1) is 11.1. The number of hydrogen-bond acceptors (Lipinski definition) is 5. The number of thioether (sulfide) groups is 1. The van der Waals surface area contributed by atoms with Crippen molar-refractivity contribution in [1.82, 2.24) is 5.32 Å². The third kappa shape index (κ3) is 4.13. The predicted octanol–water partition coefficient (Wildman–Crippen LogP) is 4.07. The number of halogens is 1. The van der Waals surface area contributed by atoms with Gasteiger partial charge in [0, 0.05) is 10.6 Å². The molecular formula is C16H16ClNO3S2. The lowest BCUT2D eigenvalue weighted by Crippen LogP contribution is -2.30. The van der Waals surface area contributed by atoms with Crippen LogP contribution in [0, 0.1) is 0 Å². The Hall–Kier alpha value is -1.37. The molecule has 0 fully saturated rings. The molecule has 1 aliphatic heterocycles. The fourth-order valence-corrected chi connectivity index (χ4v) is 3.91. The van der Waals surface area contributed by atoms with Crippen molar-refractivity contribution in [3.05, 3.63) is 45.1 Å². The standard InChI is InChI=1S/C16H16ClNO3S2/c1-10(16(19)18-7-12-3-2-4-22-12)23-8-11-5-13(17)15-14(6-11)20-9-21-15/h2-6,10H,7-9H2,1H3,(H,18,19)/t10-/m1/s1. The summed E-state index contributed by atoms with van der Waals surface area (Å²) >= 11 is 9.37. The van der Waals surface area contributed by atoms with E-state index in [1.807, 2.05) is 36.6 Å². The molecule has 0 aliphatic carbocycles. The van der Waals surface area contributed by atoms with Crippen molar-refractivity contribution >= 4 is 40.6 Å². The molecule has 2 heterocycles. The molecule has 0 spiro atoms. The SMILES string of the molecule is C[C@@H](SCc1cc(Cl)c2c(c1)OCO2)C(=O)NCc1cccs1. The van der Waals surface area contributed by atoms with E-state index in [1.165, 1.54) is 0 Å². The number of fused-ring (bicyclic) bond motifs is 1. The smallest absolute Gasteiger partial charge is 0.233 e. The molecule has 1 atom stereocenters. The van der Waals surface area contributed by atoms with Crippen LogP contribution in [0.5, 0.6) is 11.5 Å². The van der Waals surface area contributed by atoms with Gasteiger partial charge in [-0.15, -0.1) is 23.1 Å². The number of amides is 1. The van der Waals surface area contributed by atoms with Gasteiger partial charge in [-0.1, -0.05) is 17.7 Å². The minimum absolute atomic E-state index is 0.0373. The predicted molar refractivity (Wildman–Crippen MR) is 94.5 cm³/mol. The van der Waals surface area contributed by atoms with E-state index in [-0.39, 0.29) is 18.0 Å². The summed E-state index contributed by atoms with van der Waals surface area (Å²) < 4.78 is 10.7. The molecule has 2 aromatic rings. The minimum Gasteiger partial charge on any atom is -0.454 e. The molecule has 23 heavy (non-hydrogen) atoms. The summed E-state index contributed by atoms with van der Waals surface area (Å²) in [5.74, 6) is 1.99. The van der Waals surface area contributed by atoms with Crippen LogP contribution in [-0.2, 0) is 17.1 Å². The minimum atomic E-state index is -0.140. The lowest BCUT2D eigenvalue weighted by molar-refractivity contribution is -0.120. The number of benzene rings is 1. The van der Waals surface area contributed by atoms with E-state index in [4.69, 9.17) is 21.1 Å². The molecule has 0 unspecified atom stereocenters. The third-order valence-electron chi connectivity index (χ3n) is 3.37. The highest BCUT2D eigenvalue weighted by atomic mass is 35.5. The summed E-state index contributed by atoms with van der Waals surface area (Å²) in [6.07, 6.45) is 0. The van der Waals surface area contributed by atoms with E-state index in [2.05, 4.69) is 5.32 Å². The first-order valence-electron chi connectivity index (χ1n) is 7.13. The molecule has 0 bridgehead atoms. The Morgan fingerprint density at radius 1 is 1.48 bits per heavy atom. The molecule has 1 aliphatic rings. The Morgan fingerprint density at radius 2 is 2.35 bits per heavy atom. The molecule has 1 N–H and O–H groups in total. The molecule has 1 aromatic heterocycles. The Bertz CT molecular complexity index is 691. The largest absolute Gasteiger partial charge is 0.454 e. The summed E-state index contributed by atoms with van der Waals surface area (Å²) in [4.78, 5) is 13.3. The van der Waals surface area contributed by atoms with Crippen molar-refractivity contribution in [2.24, 2.45) is 0 Å². The van der Waals surface area contributed by atoms with Crippen LogP contribution in [0.4, 0.5) is 0 Å². The number of carbonyl (C=O) groups excluding carboxylic acids is 1. The monoisotopic (exact) mass is 369 g/mol. The molecule has 1 aromatic carbocycles. The lowest BCUT2D eigenvalue weighted by Gasteiger charge is -2.12. The van der Waals surface area contributed by atoms with Crippen LogP contribution < -0.4 is 14.8 Å². The molecular weight excluding hydrogens is 354 g/mol. The highest BCUT2D eigenvalue weighted by Crippen LogP contribution is 2.40. The first-order valence-corrected chi connectivity index (χ1v) is 9.44. The molecule has 0 saturated heterocycles. The summed E-state index contributed by atoms with van der Waals surface area (Å²) in [5.41, 5.74) is 1.02. The van der Waals surface area contributed by atoms with Crippen molar-refractivity contribution < 1.29 is 14.3 Å². The second-order valence-electron chi connectivity index (χ2n) is 5.06. The molecule has 0 radical (unpaired) electrons. The zero-order valence-electron chi connectivity index (χ0n) is 12.5. The van der Waals surface area contributed by atoms with Gasteiger partial charge < -0.3 is 14.8 Å². The van der Waals surface area contributed by atoms with E-state index in [0.29, 0.717) is 28.8 Å². The molecule has 7 heteroatoms. The second kappa shape index (κ2) is 7.47. The lowest BCUT2D eigenvalue weighted by atomic mass is 10.2. The fourth-order valence-electron chi connectivity index (χ4n) is 2.13. The average Bonchev–Trinajstić information content (AvgIpc) is 3.21. The summed E-state index contributed by atoms with van der Waals surface area (Å²) in [6.45, 7) is 2.69. The van der Waals surface area contributed by atoms with E-state index in [0.717, 1.165) is 10.4 Å².